The summed E-state index contributed by atoms with van der Waals surface area (Å²) in [6, 6.07) is 5.20. The lowest BCUT2D eigenvalue weighted by Gasteiger charge is -2.26. The summed E-state index contributed by atoms with van der Waals surface area (Å²) in [7, 11) is 0. The van der Waals surface area contributed by atoms with Gasteiger partial charge in [-0.15, -0.1) is 0 Å². The molecule has 0 aliphatic heterocycles. The van der Waals surface area contributed by atoms with Gasteiger partial charge in [-0.1, -0.05) is 25.8 Å². The lowest BCUT2D eigenvalue weighted by atomic mass is 9.83. The molecule has 0 amide bonds. The third-order valence-corrected chi connectivity index (χ3v) is 4.20. The molecular weight excluding hydrogens is 268 g/mol. The van der Waals surface area contributed by atoms with Gasteiger partial charge in [0.1, 0.15) is 5.69 Å². The summed E-state index contributed by atoms with van der Waals surface area (Å²) in [6.07, 6.45) is 4.92. The molecule has 1 aliphatic carbocycles. The fourth-order valence-electron chi connectivity index (χ4n) is 2.91. The largest absolute Gasteiger partial charge is 0.487 e. The van der Waals surface area contributed by atoms with Crippen molar-refractivity contribution in [2.24, 2.45) is 11.8 Å². The van der Waals surface area contributed by atoms with E-state index in [2.05, 4.69) is 12.2 Å². The molecule has 0 atom stereocenters. The SMILES string of the molecule is CCOc1cccc(NCC2CCC(C)CC2)c1[N+](=O)[O-]. The van der Waals surface area contributed by atoms with Crippen LogP contribution in [-0.4, -0.2) is 18.1 Å². The molecule has 0 heterocycles. The average molecular weight is 292 g/mol. The molecule has 0 saturated heterocycles. The number of anilines is 1. The van der Waals surface area contributed by atoms with Crippen molar-refractivity contribution >= 4 is 11.4 Å². The molecule has 0 radical (unpaired) electrons. The number of hydrogen-bond donors (Lipinski definition) is 1. The zero-order chi connectivity index (χ0) is 15.2. The average Bonchev–Trinajstić information content (AvgIpc) is 2.47. The van der Waals surface area contributed by atoms with Crippen LogP contribution in [0, 0.1) is 22.0 Å². The molecule has 2 rings (SSSR count). The Morgan fingerprint density at radius 2 is 2.05 bits per heavy atom. The van der Waals surface area contributed by atoms with Gasteiger partial charge in [-0.3, -0.25) is 10.1 Å². The van der Waals surface area contributed by atoms with Gasteiger partial charge in [-0.2, -0.15) is 0 Å². The Morgan fingerprint density at radius 3 is 2.67 bits per heavy atom. The van der Waals surface area contributed by atoms with Crippen LogP contribution in [0.25, 0.3) is 0 Å². The summed E-state index contributed by atoms with van der Waals surface area (Å²) in [5.41, 5.74) is 0.605. The predicted octanol–water partition coefficient (Wildman–Crippen LogP) is 4.23. The van der Waals surface area contributed by atoms with Crippen LogP contribution in [-0.2, 0) is 0 Å². The molecule has 0 aromatic heterocycles. The maximum absolute atomic E-state index is 11.3. The summed E-state index contributed by atoms with van der Waals surface area (Å²) in [4.78, 5) is 10.9. The monoisotopic (exact) mass is 292 g/mol. The van der Waals surface area contributed by atoms with E-state index in [1.54, 1.807) is 18.2 Å². The van der Waals surface area contributed by atoms with Crippen molar-refractivity contribution in [3.05, 3.63) is 28.3 Å². The number of rotatable bonds is 6. The Bertz CT molecular complexity index is 482. The van der Waals surface area contributed by atoms with Crippen LogP contribution in [0.1, 0.15) is 39.5 Å². The van der Waals surface area contributed by atoms with E-state index in [0.29, 0.717) is 24.0 Å². The van der Waals surface area contributed by atoms with E-state index < -0.39 is 0 Å². The minimum Gasteiger partial charge on any atom is -0.487 e. The molecule has 1 aromatic carbocycles. The van der Waals surface area contributed by atoms with Crippen molar-refractivity contribution in [2.75, 3.05) is 18.5 Å². The molecule has 1 fully saturated rings. The molecule has 116 valence electrons. The first-order chi connectivity index (χ1) is 10.1. The van der Waals surface area contributed by atoms with Crippen molar-refractivity contribution in [1.82, 2.24) is 0 Å². The van der Waals surface area contributed by atoms with Crippen molar-refractivity contribution in [3.63, 3.8) is 0 Å². The Morgan fingerprint density at radius 1 is 1.33 bits per heavy atom. The lowest BCUT2D eigenvalue weighted by molar-refractivity contribution is -0.384. The van der Waals surface area contributed by atoms with Gasteiger partial charge in [-0.05, 0) is 43.7 Å². The number of ether oxygens (including phenoxy) is 1. The van der Waals surface area contributed by atoms with Gasteiger partial charge in [-0.25, -0.2) is 0 Å². The normalized spacial score (nSPS) is 21.8. The molecule has 1 saturated carbocycles. The van der Waals surface area contributed by atoms with Crippen molar-refractivity contribution in [3.8, 4) is 5.75 Å². The van der Waals surface area contributed by atoms with E-state index in [1.807, 2.05) is 6.92 Å². The third-order valence-electron chi connectivity index (χ3n) is 4.20. The second kappa shape index (κ2) is 7.29. The molecule has 5 nitrogen and oxygen atoms in total. The van der Waals surface area contributed by atoms with Gasteiger partial charge < -0.3 is 10.1 Å². The van der Waals surface area contributed by atoms with Crippen LogP contribution >= 0.6 is 0 Å². The van der Waals surface area contributed by atoms with E-state index in [9.17, 15) is 10.1 Å². The third kappa shape index (κ3) is 4.09. The van der Waals surface area contributed by atoms with Crippen LogP contribution in [0.2, 0.25) is 0 Å². The van der Waals surface area contributed by atoms with E-state index in [-0.39, 0.29) is 10.6 Å². The number of nitro groups is 1. The van der Waals surface area contributed by atoms with Crippen LogP contribution < -0.4 is 10.1 Å². The summed E-state index contributed by atoms with van der Waals surface area (Å²) in [5.74, 6) is 1.76. The first-order valence-corrected chi connectivity index (χ1v) is 7.75. The second-order valence-electron chi connectivity index (χ2n) is 5.85. The molecule has 0 bridgehead atoms. The summed E-state index contributed by atoms with van der Waals surface area (Å²) >= 11 is 0. The summed E-state index contributed by atoms with van der Waals surface area (Å²) in [6.45, 7) is 5.33. The van der Waals surface area contributed by atoms with Crippen LogP contribution in [0.3, 0.4) is 0 Å². The van der Waals surface area contributed by atoms with Crippen LogP contribution in [0.4, 0.5) is 11.4 Å². The smallest absolute Gasteiger partial charge is 0.333 e. The quantitative estimate of drug-likeness (QED) is 0.629. The Hall–Kier alpha value is -1.78. The maximum Gasteiger partial charge on any atom is 0.333 e. The minimum absolute atomic E-state index is 0.0449. The van der Waals surface area contributed by atoms with Gasteiger partial charge in [0.2, 0.25) is 0 Å². The van der Waals surface area contributed by atoms with Gasteiger partial charge in [0, 0.05) is 6.54 Å². The number of hydrogen-bond acceptors (Lipinski definition) is 4. The Balaban J connectivity index is 2.05. The van der Waals surface area contributed by atoms with E-state index in [0.717, 1.165) is 12.5 Å². The molecule has 21 heavy (non-hydrogen) atoms. The molecule has 1 aliphatic rings. The standard InChI is InChI=1S/C16H24N2O3/c1-3-21-15-6-4-5-14(16(15)18(19)20)17-11-13-9-7-12(2)8-10-13/h4-6,12-13,17H,3,7-11H2,1-2H3. The van der Waals surface area contributed by atoms with Crippen molar-refractivity contribution in [2.45, 2.75) is 39.5 Å². The molecule has 5 heteroatoms. The van der Waals surface area contributed by atoms with Gasteiger partial charge >= 0.3 is 5.69 Å². The fraction of sp³-hybridized carbons (Fsp3) is 0.625. The number of nitrogens with zero attached hydrogens (tertiary/aromatic N) is 1. The zero-order valence-corrected chi connectivity index (χ0v) is 12.8. The highest BCUT2D eigenvalue weighted by molar-refractivity contribution is 5.68. The highest BCUT2D eigenvalue weighted by atomic mass is 16.6. The van der Waals surface area contributed by atoms with Gasteiger partial charge in [0.05, 0.1) is 11.5 Å². The van der Waals surface area contributed by atoms with Crippen molar-refractivity contribution in [1.29, 1.82) is 0 Å². The molecule has 0 unspecified atom stereocenters. The topological polar surface area (TPSA) is 64.4 Å². The Labute approximate surface area is 125 Å². The van der Waals surface area contributed by atoms with E-state index in [4.69, 9.17) is 4.74 Å². The zero-order valence-electron chi connectivity index (χ0n) is 12.8. The highest BCUT2D eigenvalue weighted by Gasteiger charge is 2.23. The fourth-order valence-corrected chi connectivity index (χ4v) is 2.91. The maximum atomic E-state index is 11.3. The van der Waals surface area contributed by atoms with Crippen LogP contribution in [0.15, 0.2) is 18.2 Å². The molecule has 0 spiro atoms. The van der Waals surface area contributed by atoms with Crippen molar-refractivity contribution < 1.29 is 9.66 Å². The minimum atomic E-state index is -0.365. The number of nitro benzene ring substituents is 1. The number of nitrogens with one attached hydrogen (secondary N) is 1. The van der Waals surface area contributed by atoms with Crippen LogP contribution in [0.5, 0.6) is 5.75 Å². The Kier molecular flexibility index (Phi) is 5.42. The van der Waals surface area contributed by atoms with E-state index in [1.165, 1.54) is 25.7 Å². The second-order valence-corrected chi connectivity index (χ2v) is 5.85. The number of benzene rings is 1. The van der Waals surface area contributed by atoms with Gasteiger partial charge in [0.25, 0.3) is 0 Å². The molecule has 1 N–H and O–H groups in total. The lowest BCUT2D eigenvalue weighted by Crippen LogP contribution is -2.20. The molecular formula is C16H24N2O3. The van der Waals surface area contributed by atoms with E-state index >= 15 is 0 Å². The first-order valence-electron chi connectivity index (χ1n) is 7.75. The number of para-hydroxylation sites is 1. The molecule has 1 aromatic rings. The summed E-state index contributed by atoms with van der Waals surface area (Å²) < 4.78 is 5.36. The highest BCUT2D eigenvalue weighted by Crippen LogP contribution is 2.35. The first kappa shape index (κ1) is 15.6. The van der Waals surface area contributed by atoms with Gasteiger partial charge in [0.15, 0.2) is 5.75 Å². The summed E-state index contributed by atoms with van der Waals surface area (Å²) in [5, 5.41) is 14.6. The predicted molar refractivity (Wildman–Crippen MR) is 83.9 cm³/mol.